The van der Waals surface area contributed by atoms with E-state index >= 15 is 0 Å². The van der Waals surface area contributed by atoms with Gasteiger partial charge in [-0.15, -0.1) is 0 Å². The summed E-state index contributed by atoms with van der Waals surface area (Å²) in [4.78, 5) is 0. The molecule has 0 aliphatic rings. The lowest BCUT2D eigenvalue weighted by Crippen LogP contribution is -2.09. The van der Waals surface area contributed by atoms with Crippen LogP contribution in [0.5, 0.6) is 0 Å². The molecule has 3 aromatic rings. The van der Waals surface area contributed by atoms with Crippen molar-refractivity contribution in [1.82, 2.24) is 0 Å². The SMILES string of the molecule is Cc1cccc(NCC(C)c2ccc3ccccc3c2)c1. The van der Waals surface area contributed by atoms with Crippen LogP contribution in [0.1, 0.15) is 24.0 Å². The second-order valence-electron chi connectivity index (χ2n) is 5.76. The normalized spacial score (nSPS) is 12.3. The molecule has 0 fully saturated rings. The third kappa shape index (κ3) is 3.25. The first-order valence-corrected chi connectivity index (χ1v) is 7.51. The number of benzene rings is 3. The monoisotopic (exact) mass is 275 g/mol. The van der Waals surface area contributed by atoms with E-state index in [1.165, 1.54) is 27.6 Å². The Bertz CT molecular complexity index is 745. The van der Waals surface area contributed by atoms with E-state index in [0.717, 1.165) is 6.54 Å². The minimum Gasteiger partial charge on any atom is -0.384 e. The summed E-state index contributed by atoms with van der Waals surface area (Å²) < 4.78 is 0. The smallest absolute Gasteiger partial charge is 0.0343 e. The topological polar surface area (TPSA) is 12.0 Å². The summed E-state index contributed by atoms with van der Waals surface area (Å²) in [6.07, 6.45) is 0. The van der Waals surface area contributed by atoms with Gasteiger partial charge in [-0.05, 0) is 46.9 Å². The maximum Gasteiger partial charge on any atom is 0.0343 e. The third-order valence-electron chi connectivity index (χ3n) is 3.97. The van der Waals surface area contributed by atoms with Crippen LogP contribution in [0.2, 0.25) is 0 Å². The first kappa shape index (κ1) is 13.7. The first-order valence-electron chi connectivity index (χ1n) is 7.51. The zero-order valence-corrected chi connectivity index (χ0v) is 12.6. The maximum absolute atomic E-state index is 3.53. The molecule has 1 atom stereocenters. The minimum absolute atomic E-state index is 0.482. The van der Waals surface area contributed by atoms with E-state index in [2.05, 4.69) is 85.9 Å². The van der Waals surface area contributed by atoms with Crippen molar-refractivity contribution in [3.8, 4) is 0 Å². The van der Waals surface area contributed by atoms with Crippen LogP contribution >= 0.6 is 0 Å². The highest BCUT2D eigenvalue weighted by Gasteiger charge is 2.06. The second kappa shape index (κ2) is 6.01. The number of fused-ring (bicyclic) bond motifs is 1. The van der Waals surface area contributed by atoms with Crippen molar-refractivity contribution < 1.29 is 0 Å². The van der Waals surface area contributed by atoms with Crippen molar-refractivity contribution in [3.63, 3.8) is 0 Å². The van der Waals surface area contributed by atoms with Gasteiger partial charge in [0.2, 0.25) is 0 Å². The molecule has 1 N–H and O–H groups in total. The van der Waals surface area contributed by atoms with Gasteiger partial charge in [-0.2, -0.15) is 0 Å². The maximum atomic E-state index is 3.53. The molecular weight excluding hydrogens is 254 g/mol. The van der Waals surface area contributed by atoms with E-state index in [-0.39, 0.29) is 0 Å². The van der Waals surface area contributed by atoms with Crippen molar-refractivity contribution >= 4 is 16.5 Å². The minimum atomic E-state index is 0.482. The Morgan fingerprint density at radius 3 is 2.48 bits per heavy atom. The van der Waals surface area contributed by atoms with E-state index in [1.54, 1.807) is 0 Å². The number of anilines is 1. The van der Waals surface area contributed by atoms with Gasteiger partial charge in [0.25, 0.3) is 0 Å². The Kier molecular flexibility index (Phi) is 3.92. The summed E-state index contributed by atoms with van der Waals surface area (Å²) in [6, 6.07) is 23.8. The van der Waals surface area contributed by atoms with Crippen LogP contribution in [0.4, 0.5) is 5.69 Å². The molecule has 0 saturated carbocycles. The lowest BCUT2D eigenvalue weighted by molar-refractivity contribution is 0.806. The van der Waals surface area contributed by atoms with Gasteiger partial charge in [0.15, 0.2) is 0 Å². The van der Waals surface area contributed by atoms with Gasteiger partial charge in [0.1, 0.15) is 0 Å². The summed E-state index contributed by atoms with van der Waals surface area (Å²) in [5, 5.41) is 6.15. The molecule has 0 radical (unpaired) electrons. The number of aryl methyl sites for hydroxylation is 1. The van der Waals surface area contributed by atoms with E-state index in [0.29, 0.717) is 5.92 Å². The van der Waals surface area contributed by atoms with Crippen LogP contribution in [0.25, 0.3) is 10.8 Å². The number of rotatable bonds is 4. The van der Waals surface area contributed by atoms with Gasteiger partial charge >= 0.3 is 0 Å². The fourth-order valence-corrected chi connectivity index (χ4v) is 2.66. The summed E-state index contributed by atoms with van der Waals surface area (Å²) in [5.74, 6) is 0.482. The highest BCUT2D eigenvalue weighted by molar-refractivity contribution is 5.83. The predicted molar refractivity (Wildman–Crippen MR) is 92.0 cm³/mol. The number of nitrogens with one attached hydrogen (secondary N) is 1. The van der Waals surface area contributed by atoms with Gasteiger partial charge in [-0.1, -0.05) is 61.5 Å². The van der Waals surface area contributed by atoms with E-state index in [1.807, 2.05) is 0 Å². The quantitative estimate of drug-likeness (QED) is 0.675. The molecule has 3 rings (SSSR count). The van der Waals surface area contributed by atoms with Gasteiger partial charge in [0.05, 0.1) is 0 Å². The molecule has 106 valence electrons. The molecule has 0 saturated heterocycles. The van der Waals surface area contributed by atoms with Gasteiger partial charge < -0.3 is 5.32 Å². The predicted octanol–water partition coefficient (Wildman–Crippen LogP) is 5.36. The summed E-state index contributed by atoms with van der Waals surface area (Å²) in [6.45, 7) is 5.34. The van der Waals surface area contributed by atoms with Crippen LogP contribution in [0.3, 0.4) is 0 Å². The highest BCUT2D eigenvalue weighted by Crippen LogP contribution is 2.22. The van der Waals surface area contributed by atoms with E-state index < -0.39 is 0 Å². The summed E-state index contributed by atoms with van der Waals surface area (Å²) in [7, 11) is 0. The molecule has 0 bridgehead atoms. The number of hydrogen-bond donors (Lipinski definition) is 1. The van der Waals surface area contributed by atoms with E-state index in [4.69, 9.17) is 0 Å². The molecule has 0 aliphatic heterocycles. The van der Waals surface area contributed by atoms with Crippen LogP contribution in [-0.2, 0) is 0 Å². The molecule has 1 heteroatoms. The molecule has 0 amide bonds. The van der Waals surface area contributed by atoms with Crippen LogP contribution in [0.15, 0.2) is 66.7 Å². The Hall–Kier alpha value is -2.28. The fourth-order valence-electron chi connectivity index (χ4n) is 2.66. The molecular formula is C20H21N. The number of hydrogen-bond acceptors (Lipinski definition) is 1. The zero-order valence-electron chi connectivity index (χ0n) is 12.6. The third-order valence-corrected chi connectivity index (χ3v) is 3.97. The van der Waals surface area contributed by atoms with Crippen molar-refractivity contribution in [2.75, 3.05) is 11.9 Å². The Balaban J connectivity index is 1.73. The lowest BCUT2D eigenvalue weighted by Gasteiger charge is -2.15. The average molecular weight is 275 g/mol. The molecule has 1 unspecified atom stereocenters. The van der Waals surface area contributed by atoms with Crippen molar-refractivity contribution in [1.29, 1.82) is 0 Å². The van der Waals surface area contributed by atoms with Crippen molar-refractivity contribution in [2.45, 2.75) is 19.8 Å². The Labute approximate surface area is 126 Å². The highest BCUT2D eigenvalue weighted by atomic mass is 14.9. The van der Waals surface area contributed by atoms with Gasteiger partial charge in [0, 0.05) is 12.2 Å². The molecule has 0 aromatic heterocycles. The van der Waals surface area contributed by atoms with Gasteiger partial charge in [-0.3, -0.25) is 0 Å². The largest absolute Gasteiger partial charge is 0.384 e. The van der Waals surface area contributed by atoms with Gasteiger partial charge in [-0.25, -0.2) is 0 Å². The Morgan fingerprint density at radius 2 is 1.67 bits per heavy atom. The van der Waals surface area contributed by atoms with Crippen LogP contribution in [0, 0.1) is 6.92 Å². The van der Waals surface area contributed by atoms with Crippen molar-refractivity contribution in [2.24, 2.45) is 0 Å². The second-order valence-corrected chi connectivity index (χ2v) is 5.76. The van der Waals surface area contributed by atoms with Crippen molar-refractivity contribution in [3.05, 3.63) is 77.9 Å². The first-order chi connectivity index (χ1) is 10.2. The zero-order chi connectivity index (χ0) is 14.7. The molecule has 3 aromatic carbocycles. The molecule has 21 heavy (non-hydrogen) atoms. The standard InChI is InChI=1S/C20H21N/c1-15-6-5-9-20(12-15)21-14-16(2)18-11-10-17-7-3-4-8-19(17)13-18/h3-13,16,21H,14H2,1-2H3. The molecule has 0 spiro atoms. The van der Waals surface area contributed by atoms with Crippen LogP contribution in [-0.4, -0.2) is 6.54 Å². The van der Waals surface area contributed by atoms with Crippen LogP contribution < -0.4 is 5.32 Å². The summed E-state index contributed by atoms with van der Waals surface area (Å²) in [5.41, 5.74) is 3.87. The fraction of sp³-hybridized carbons (Fsp3) is 0.200. The lowest BCUT2D eigenvalue weighted by atomic mass is 9.97. The Morgan fingerprint density at radius 1 is 0.857 bits per heavy atom. The molecule has 0 heterocycles. The molecule has 0 aliphatic carbocycles. The molecule has 1 nitrogen and oxygen atoms in total. The van der Waals surface area contributed by atoms with E-state index in [9.17, 15) is 0 Å². The average Bonchev–Trinajstić information content (AvgIpc) is 2.52. The summed E-state index contributed by atoms with van der Waals surface area (Å²) >= 11 is 0.